The van der Waals surface area contributed by atoms with Crippen molar-refractivity contribution in [1.29, 1.82) is 0 Å². The zero-order chi connectivity index (χ0) is 21.6. The first kappa shape index (κ1) is 22.8. The number of alkyl carbamates (subject to hydrolysis) is 1. The van der Waals surface area contributed by atoms with Crippen LogP contribution in [0.1, 0.15) is 90.0 Å². The zero-order valence-corrected chi connectivity index (χ0v) is 18.2. The normalized spacial score (nSPS) is 20.9. The lowest BCUT2D eigenvalue weighted by molar-refractivity contribution is -0.0582. The van der Waals surface area contributed by atoms with Gasteiger partial charge in [-0.2, -0.15) is 0 Å². The Balaban J connectivity index is 1.50. The summed E-state index contributed by atoms with van der Waals surface area (Å²) in [7, 11) is 0. The summed E-state index contributed by atoms with van der Waals surface area (Å²) < 4.78 is 38.3. The smallest absolute Gasteiger partial charge is 0.408 e. The number of benzene rings is 1. The first-order chi connectivity index (χ1) is 14.4. The number of carbonyl (C=O) groups is 1. The molecule has 2 aliphatic carbocycles. The molecule has 1 unspecified atom stereocenters. The van der Waals surface area contributed by atoms with Crippen LogP contribution in [0.3, 0.4) is 0 Å². The summed E-state index contributed by atoms with van der Waals surface area (Å²) in [6, 6.07) is 7.70. The van der Waals surface area contributed by atoms with E-state index in [9.17, 15) is 13.6 Å². The fraction of sp³-hybridized carbons (Fsp3) is 0.708. The minimum absolute atomic E-state index is 0.112. The predicted molar refractivity (Wildman–Crippen MR) is 113 cm³/mol. The van der Waals surface area contributed by atoms with Crippen molar-refractivity contribution in [3.8, 4) is 5.75 Å². The van der Waals surface area contributed by atoms with Crippen molar-refractivity contribution in [2.75, 3.05) is 0 Å². The van der Waals surface area contributed by atoms with Crippen molar-refractivity contribution < 1.29 is 23.0 Å². The number of hydrogen-bond donors (Lipinski definition) is 1. The summed E-state index contributed by atoms with van der Waals surface area (Å²) in [4.78, 5) is 12.4. The van der Waals surface area contributed by atoms with Crippen molar-refractivity contribution in [2.45, 2.75) is 108 Å². The molecule has 1 atom stereocenters. The van der Waals surface area contributed by atoms with E-state index >= 15 is 0 Å². The summed E-state index contributed by atoms with van der Waals surface area (Å²) in [5.74, 6) is -1.87. The quantitative estimate of drug-likeness (QED) is 0.425. The van der Waals surface area contributed by atoms with Crippen molar-refractivity contribution in [3.63, 3.8) is 0 Å². The molecule has 1 amide bonds. The first-order valence-electron chi connectivity index (χ1n) is 11.5. The van der Waals surface area contributed by atoms with E-state index in [1.165, 1.54) is 6.42 Å². The van der Waals surface area contributed by atoms with E-state index < -0.39 is 11.5 Å². The summed E-state index contributed by atoms with van der Waals surface area (Å²) in [6.45, 7) is 4.25. The Labute approximate surface area is 178 Å². The van der Waals surface area contributed by atoms with Gasteiger partial charge in [0.25, 0.3) is 0 Å². The maximum atomic E-state index is 13.3. The van der Waals surface area contributed by atoms with Gasteiger partial charge in [-0.15, -0.1) is 0 Å². The molecule has 2 aliphatic rings. The maximum Gasteiger partial charge on any atom is 0.408 e. The number of rotatable bonds is 10. The molecule has 0 radical (unpaired) electrons. The molecule has 2 saturated carbocycles. The molecule has 6 heteroatoms. The van der Waals surface area contributed by atoms with Crippen LogP contribution >= 0.6 is 0 Å². The van der Waals surface area contributed by atoms with Crippen molar-refractivity contribution in [1.82, 2.24) is 5.32 Å². The van der Waals surface area contributed by atoms with Gasteiger partial charge in [0.1, 0.15) is 11.4 Å². The van der Waals surface area contributed by atoms with Gasteiger partial charge < -0.3 is 14.8 Å². The largest absolute Gasteiger partial charge is 0.490 e. The molecular weight excluding hydrogens is 388 g/mol. The van der Waals surface area contributed by atoms with E-state index in [0.717, 1.165) is 44.1 Å². The number of alkyl halides is 2. The zero-order valence-electron chi connectivity index (χ0n) is 18.2. The second kappa shape index (κ2) is 9.97. The van der Waals surface area contributed by atoms with Crippen LogP contribution in [-0.2, 0) is 10.3 Å². The van der Waals surface area contributed by atoms with Crippen LogP contribution in [0.15, 0.2) is 24.3 Å². The standard InChI is InChI=1S/C24H35F2NO3/c1-3-5-6-7-19(4-2)27-22(28)30-23(16-17-23)18-8-10-20(11-9-18)29-21-12-14-24(25,26)15-13-21/h8-11,19,21H,3-7,12-17H2,1-2H3,(H,27,28). The van der Waals surface area contributed by atoms with Crippen molar-refractivity contribution in [2.24, 2.45) is 0 Å². The fourth-order valence-electron chi connectivity index (χ4n) is 4.12. The Hall–Kier alpha value is -1.85. The highest BCUT2D eigenvalue weighted by Crippen LogP contribution is 2.49. The Morgan fingerprint density at radius 2 is 1.77 bits per heavy atom. The highest BCUT2D eigenvalue weighted by molar-refractivity contribution is 5.69. The molecule has 30 heavy (non-hydrogen) atoms. The monoisotopic (exact) mass is 423 g/mol. The average molecular weight is 424 g/mol. The molecule has 3 rings (SSSR count). The van der Waals surface area contributed by atoms with Crippen LogP contribution in [0.25, 0.3) is 0 Å². The summed E-state index contributed by atoms with van der Waals surface area (Å²) in [5.41, 5.74) is 0.413. The Bertz CT molecular complexity index is 678. The molecule has 0 aromatic heterocycles. The number of hydrogen-bond acceptors (Lipinski definition) is 3. The predicted octanol–water partition coefficient (Wildman–Crippen LogP) is 6.72. The molecule has 2 fully saturated rings. The van der Waals surface area contributed by atoms with E-state index in [1.54, 1.807) is 0 Å². The molecule has 0 aliphatic heterocycles. The molecule has 0 bridgehead atoms. The van der Waals surface area contributed by atoms with Crippen LogP contribution in [-0.4, -0.2) is 24.2 Å². The highest BCUT2D eigenvalue weighted by atomic mass is 19.3. The van der Waals surface area contributed by atoms with Gasteiger partial charge in [0, 0.05) is 18.9 Å². The van der Waals surface area contributed by atoms with E-state index in [1.807, 2.05) is 24.3 Å². The van der Waals surface area contributed by atoms with Gasteiger partial charge >= 0.3 is 6.09 Å². The van der Waals surface area contributed by atoms with Gasteiger partial charge in [-0.3, -0.25) is 0 Å². The van der Waals surface area contributed by atoms with Gasteiger partial charge in [0.2, 0.25) is 5.92 Å². The van der Waals surface area contributed by atoms with Crippen molar-refractivity contribution in [3.05, 3.63) is 29.8 Å². The van der Waals surface area contributed by atoms with Crippen LogP contribution in [0.2, 0.25) is 0 Å². The molecule has 0 saturated heterocycles. The third-order valence-electron chi connectivity index (χ3n) is 6.31. The van der Waals surface area contributed by atoms with Crippen LogP contribution in [0, 0.1) is 0 Å². The second-order valence-electron chi connectivity index (χ2n) is 8.83. The first-order valence-corrected chi connectivity index (χ1v) is 11.5. The summed E-state index contributed by atoms with van der Waals surface area (Å²) in [5, 5.41) is 3.02. The molecule has 4 nitrogen and oxygen atoms in total. The fourth-order valence-corrected chi connectivity index (χ4v) is 4.12. The average Bonchev–Trinajstić information content (AvgIpc) is 3.50. The third kappa shape index (κ3) is 6.32. The lowest BCUT2D eigenvalue weighted by atomic mass is 9.94. The van der Waals surface area contributed by atoms with E-state index in [0.29, 0.717) is 18.6 Å². The number of unbranched alkanes of at least 4 members (excludes halogenated alkanes) is 2. The molecule has 0 spiro atoms. The number of ether oxygens (including phenoxy) is 2. The van der Waals surface area contributed by atoms with E-state index in [2.05, 4.69) is 19.2 Å². The van der Waals surface area contributed by atoms with E-state index in [4.69, 9.17) is 9.47 Å². The number of carbonyl (C=O) groups excluding carboxylic acids is 1. The SMILES string of the molecule is CCCCCC(CC)NC(=O)OC1(c2ccc(OC3CCC(F)(F)CC3)cc2)CC1. The summed E-state index contributed by atoms with van der Waals surface area (Å²) >= 11 is 0. The topological polar surface area (TPSA) is 47.6 Å². The molecule has 1 N–H and O–H groups in total. The molecule has 168 valence electrons. The minimum Gasteiger partial charge on any atom is -0.490 e. The van der Waals surface area contributed by atoms with Gasteiger partial charge in [-0.1, -0.05) is 45.2 Å². The van der Waals surface area contributed by atoms with Gasteiger partial charge in [-0.25, -0.2) is 13.6 Å². The maximum absolute atomic E-state index is 13.3. The van der Waals surface area contributed by atoms with Gasteiger partial charge in [0.05, 0.1) is 6.10 Å². The highest BCUT2D eigenvalue weighted by Gasteiger charge is 2.48. The minimum atomic E-state index is -2.55. The Morgan fingerprint density at radius 1 is 1.10 bits per heavy atom. The van der Waals surface area contributed by atoms with Gasteiger partial charge in [-0.05, 0) is 56.2 Å². The Morgan fingerprint density at radius 3 is 2.33 bits per heavy atom. The third-order valence-corrected chi connectivity index (χ3v) is 6.31. The van der Waals surface area contributed by atoms with Gasteiger partial charge in [0.15, 0.2) is 0 Å². The molecule has 0 heterocycles. The molecular formula is C24H35F2NO3. The number of nitrogens with one attached hydrogen (secondary N) is 1. The number of halogens is 2. The molecule has 1 aromatic carbocycles. The lowest BCUT2D eigenvalue weighted by Gasteiger charge is -2.28. The van der Waals surface area contributed by atoms with Crippen molar-refractivity contribution >= 4 is 6.09 Å². The lowest BCUT2D eigenvalue weighted by Crippen LogP contribution is -2.37. The van der Waals surface area contributed by atoms with Crippen LogP contribution in [0.4, 0.5) is 13.6 Å². The van der Waals surface area contributed by atoms with Crippen LogP contribution < -0.4 is 10.1 Å². The Kier molecular flexibility index (Phi) is 7.59. The number of amides is 1. The molecule has 1 aromatic rings. The summed E-state index contributed by atoms with van der Waals surface area (Å²) in [6.07, 6.45) is 6.96. The van der Waals surface area contributed by atoms with Crippen LogP contribution in [0.5, 0.6) is 5.75 Å². The second-order valence-corrected chi connectivity index (χ2v) is 8.83. The van der Waals surface area contributed by atoms with E-state index in [-0.39, 0.29) is 31.1 Å².